The lowest BCUT2D eigenvalue weighted by Crippen LogP contribution is -2.44. The summed E-state index contributed by atoms with van der Waals surface area (Å²) in [6.07, 6.45) is 2.77. The van der Waals surface area contributed by atoms with Crippen molar-refractivity contribution < 1.29 is 14.3 Å². The number of halogens is 2. The highest BCUT2D eigenvalue weighted by molar-refractivity contribution is 7.99. The quantitative estimate of drug-likeness (QED) is 0.354. The first-order valence-corrected chi connectivity index (χ1v) is 13.3. The molecule has 0 bridgehead atoms. The van der Waals surface area contributed by atoms with E-state index in [-0.39, 0.29) is 5.92 Å². The molecule has 3 aromatic rings. The van der Waals surface area contributed by atoms with Crippen molar-refractivity contribution in [2.75, 3.05) is 33.0 Å². The van der Waals surface area contributed by atoms with Crippen LogP contribution in [0.4, 0.5) is 4.79 Å². The Kier molecular flexibility index (Phi) is 9.50. The van der Waals surface area contributed by atoms with E-state index in [0.717, 1.165) is 34.3 Å². The number of rotatable bonds is 9. The second-order valence-corrected chi connectivity index (χ2v) is 10.7. The maximum atomic E-state index is 12.8. The fourth-order valence-electron chi connectivity index (χ4n) is 3.74. The van der Waals surface area contributed by atoms with Gasteiger partial charge in [-0.15, -0.1) is 0 Å². The van der Waals surface area contributed by atoms with Crippen LogP contribution in [0.1, 0.15) is 43.0 Å². The van der Waals surface area contributed by atoms with E-state index in [1.807, 2.05) is 24.3 Å². The number of alkyl carbamates (subject to hydrolysis) is 1. The summed E-state index contributed by atoms with van der Waals surface area (Å²) in [5, 5.41) is 4.76. The maximum absolute atomic E-state index is 12.8. The smallest absolute Gasteiger partial charge is 0.408 e. The van der Waals surface area contributed by atoms with Crippen molar-refractivity contribution in [2.45, 2.75) is 42.2 Å². The molecule has 0 radical (unpaired) electrons. The Hall–Kier alpha value is -2.30. The fourth-order valence-corrected chi connectivity index (χ4v) is 5.53. The first-order chi connectivity index (χ1) is 17.4. The van der Waals surface area contributed by atoms with E-state index in [0.29, 0.717) is 42.2 Å². The van der Waals surface area contributed by atoms with Crippen LogP contribution in [0.3, 0.4) is 0 Å². The van der Waals surface area contributed by atoms with Crippen LogP contribution < -0.4 is 5.32 Å². The van der Waals surface area contributed by atoms with E-state index in [2.05, 4.69) is 34.0 Å². The molecule has 0 aliphatic carbocycles. The fraction of sp³-hybridized carbons (Fsp3) is 0.400. The zero-order valence-corrected chi connectivity index (χ0v) is 22.5. The van der Waals surface area contributed by atoms with Crippen molar-refractivity contribution in [3.63, 3.8) is 0 Å². The lowest BCUT2D eigenvalue weighted by atomic mass is 10.1. The van der Waals surface area contributed by atoms with Gasteiger partial charge in [0.15, 0.2) is 6.10 Å². The number of H-pyrrole nitrogens is 1. The highest BCUT2D eigenvalue weighted by Crippen LogP contribution is 2.36. The number of nitrogens with one attached hydrogen (secondary N) is 2. The summed E-state index contributed by atoms with van der Waals surface area (Å²) >= 11 is 13.9. The third-order valence-electron chi connectivity index (χ3n) is 5.62. The maximum Gasteiger partial charge on any atom is 0.408 e. The summed E-state index contributed by atoms with van der Waals surface area (Å²) in [6, 6.07) is 9.19. The number of imidazole rings is 1. The van der Waals surface area contributed by atoms with Gasteiger partial charge in [-0.25, -0.2) is 9.78 Å². The molecule has 1 aliphatic heterocycles. The number of carbonyl (C=O) groups excluding carboxylic acids is 1. The van der Waals surface area contributed by atoms with Crippen molar-refractivity contribution in [1.82, 2.24) is 25.2 Å². The Balaban J connectivity index is 1.55. The molecule has 1 fully saturated rings. The molecule has 2 aromatic heterocycles. The third kappa shape index (κ3) is 7.60. The molecule has 1 amide bonds. The molecule has 4 rings (SSSR count). The molecule has 0 saturated carbocycles. The Morgan fingerprint density at radius 1 is 1.19 bits per heavy atom. The number of aromatic amines is 1. The highest BCUT2D eigenvalue weighted by atomic mass is 35.5. The van der Waals surface area contributed by atoms with Gasteiger partial charge in [0.25, 0.3) is 0 Å². The average Bonchev–Trinajstić information content (AvgIpc) is 3.27. The first-order valence-electron chi connectivity index (χ1n) is 11.7. The Morgan fingerprint density at radius 3 is 2.56 bits per heavy atom. The lowest BCUT2D eigenvalue weighted by molar-refractivity contribution is 0.0306. The minimum Gasteiger partial charge on any atom is -0.438 e. The van der Waals surface area contributed by atoms with Gasteiger partial charge >= 0.3 is 6.09 Å². The zero-order valence-electron chi connectivity index (χ0n) is 20.2. The standard InChI is InChI=1S/C25H29Cl2N5O3S/c1-16(2)22-24(36-20-13-18(26)12-19(27)14-20)31-23(30-22)21(11-17-3-5-28-6-4-17)35-25(33)29-15-32-7-9-34-10-8-32/h3-6,12-14,16,21H,7-11,15H2,1-2H3,(H,29,33)(H,30,31). The van der Waals surface area contributed by atoms with E-state index in [4.69, 9.17) is 37.7 Å². The van der Waals surface area contributed by atoms with Gasteiger partial charge in [0, 0.05) is 46.8 Å². The molecule has 1 aromatic carbocycles. The number of pyridine rings is 1. The number of morpholine rings is 1. The van der Waals surface area contributed by atoms with Gasteiger partial charge < -0.3 is 19.8 Å². The monoisotopic (exact) mass is 549 g/mol. The Bertz CT molecular complexity index is 1140. The minimum absolute atomic E-state index is 0.167. The molecule has 2 N–H and O–H groups in total. The van der Waals surface area contributed by atoms with Crippen LogP contribution in [-0.4, -0.2) is 58.9 Å². The van der Waals surface area contributed by atoms with Crippen molar-refractivity contribution in [3.05, 3.63) is 69.9 Å². The average molecular weight is 551 g/mol. The number of hydrogen-bond acceptors (Lipinski definition) is 7. The van der Waals surface area contributed by atoms with Gasteiger partial charge in [0.05, 0.1) is 25.6 Å². The number of amides is 1. The Morgan fingerprint density at radius 2 is 1.89 bits per heavy atom. The number of aromatic nitrogens is 3. The van der Waals surface area contributed by atoms with Crippen molar-refractivity contribution in [1.29, 1.82) is 0 Å². The van der Waals surface area contributed by atoms with E-state index >= 15 is 0 Å². The van der Waals surface area contributed by atoms with E-state index in [1.54, 1.807) is 18.5 Å². The van der Waals surface area contributed by atoms with Gasteiger partial charge in [-0.3, -0.25) is 9.88 Å². The van der Waals surface area contributed by atoms with Crippen LogP contribution in [0.2, 0.25) is 10.0 Å². The van der Waals surface area contributed by atoms with Crippen LogP contribution in [0.15, 0.2) is 52.6 Å². The molecule has 11 heteroatoms. The SMILES string of the molecule is CC(C)c1[nH]c(C(Cc2ccncc2)OC(=O)NCN2CCOCC2)nc1Sc1cc(Cl)cc(Cl)c1. The Labute approximate surface area is 225 Å². The van der Waals surface area contributed by atoms with Crippen molar-refractivity contribution in [3.8, 4) is 0 Å². The molecular weight excluding hydrogens is 521 g/mol. The van der Waals surface area contributed by atoms with Crippen LogP contribution >= 0.6 is 35.0 Å². The van der Waals surface area contributed by atoms with Gasteiger partial charge in [-0.2, -0.15) is 0 Å². The predicted molar refractivity (Wildman–Crippen MR) is 141 cm³/mol. The van der Waals surface area contributed by atoms with Crippen molar-refractivity contribution in [2.24, 2.45) is 0 Å². The van der Waals surface area contributed by atoms with Crippen LogP contribution in [0.25, 0.3) is 0 Å². The second kappa shape index (κ2) is 12.8. The molecule has 3 heterocycles. The normalized spacial score (nSPS) is 15.1. The summed E-state index contributed by atoms with van der Waals surface area (Å²) in [4.78, 5) is 28.1. The minimum atomic E-state index is -0.619. The summed E-state index contributed by atoms with van der Waals surface area (Å²) in [5.74, 6) is 0.743. The summed E-state index contributed by atoms with van der Waals surface area (Å²) in [5.41, 5.74) is 1.93. The second-order valence-electron chi connectivity index (χ2n) is 8.72. The highest BCUT2D eigenvalue weighted by Gasteiger charge is 2.25. The van der Waals surface area contributed by atoms with E-state index in [1.165, 1.54) is 11.8 Å². The molecule has 192 valence electrons. The van der Waals surface area contributed by atoms with Crippen LogP contribution in [-0.2, 0) is 15.9 Å². The molecule has 0 spiro atoms. The van der Waals surface area contributed by atoms with Crippen LogP contribution in [0, 0.1) is 0 Å². The largest absolute Gasteiger partial charge is 0.438 e. The number of nitrogens with zero attached hydrogens (tertiary/aromatic N) is 3. The molecule has 8 nitrogen and oxygen atoms in total. The van der Waals surface area contributed by atoms with Gasteiger partial charge in [0.1, 0.15) is 10.9 Å². The third-order valence-corrected chi connectivity index (χ3v) is 7.03. The number of carbonyl (C=O) groups is 1. The first kappa shape index (κ1) is 26.8. The van der Waals surface area contributed by atoms with E-state index < -0.39 is 12.2 Å². The number of ether oxygens (including phenoxy) is 2. The van der Waals surface area contributed by atoms with Crippen molar-refractivity contribution >= 4 is 41.1 Å². The molecule has 1 aliphatic rings. The van der Waals surface area contributed by atoms with Gasteiger partial charge in [-0.1, -0.05) is 48.8 Å². The topological polar surface area (TPSA) is 92.4 Å². The van der Waals surface area contributed by atoms with Gasteiger partial charge in [-0.05, 0) is 41.8 Å². The zero-order chi connectivity index (χ0) is 25.5. The van der Waals surface area contributed by atoms with Crippen LogP contribution in [0.5, 0.6) is 0 Å². The lowest BCUT2D eigenvalue weighted by Gasteiger charge is -2.26. The number of benzene rings is 1. The molecule has 1 unspecified atom stereocenters. The summed E-state index contributed by atoms with van der Waals surface area (Å²) in [6.45, 7) is 7.42. The van der Waals surface area contributed by atoms with Gasteiger partial charge in [0.2, 0.25) is 0 Å². The summed E-state index contributed by atoms with van der Waals surface area (Å²) in [7, 11) is 0. The van der Waals surface area contributed by atoms with E-state index in [9.17, 15) is 4.79 Å². The number of hydrogen-bond donors (Lipinski definition) is 2. The molecule has 1 saturated heterocycles. The summed E-state index contributed by atoms with van der Waals surface area (Å²) < 4.78 is 11.3. The molecule has 36 heavy (non-hydrogen) atoms. The molecular formula is C25H29Cl2N5O3S. The molecule has 1 atom stereocenters. The predicted octanol–water partition coefficient (Wildman–Crippen LogP) is 5.69.